The maximum absolute atomic E-state index is 13.9. The standard InChI is InChI=1S/C32H27NO5/c1-35-22-14-12-20(13-15-22)18-33-26-16-24-23(10-7-11-27(24)36-2)30-29(26)25(32(33)34)17-28(31(30)37-3)38-19-21-8-5-4-6-9-21/h4-17H,18-19H2,1-3H3. The Morgan fingerprint density at radius 3 is 2.18 bits per heavy atom. The third kappa shape index (κ3) is 3.86. The molecule has 190 valence electrons. The van der Waals surface area contributed by atoms with E-state index in [1.165, 1.54) is 0 Å². The molecular weight excluding hydrogens is 478 g/mol. The van der Waals surface area contributed by atoms with Gasteiger partial charge in [0.2, 0.25) is 0 Å². The molecule has 1 heterocycles. The highest BCUT2D eigenvalue weighted by Gasteiger charge is 2.34. The minimum absolute atomic E-state index is 0.0812. The summed E-state index contributed by atoms with van der Waals surface area (Å²) in [5, 5.41) is 3.53. The van der Waals surface area contributed by atoms with E-state index in [0.717, 1.165) is 49.9 Å². The predicted molar refractivity (Wildman–Crippen MR) is 149 cm³/mol. The van der Waals surface area contributed by atoms with Gasteiger partial charge in [-0.1, -0.05) is 54.6 Å². The van der Waals surface area contributed by atoms with Crippen LogP contribution in [0.5, 0.6) is 23.0 Å². The molecule has 5 aromatic carbocycles. The molecule has 0 atom stereocenters. The number of hydrogen-bond donors (Lipinski definition) is 0. The number of nitrogens with zero attached hydrogens (tertiary/aromatic N) is 1. The van der Waals surface area contributed by atoms with E-state index < -0.39 is 0 Å². The van der Waals surface area contributed by atoms with Crippen molar-refractivity contribution in [3.63, 3.8) is 0 Å². The van der Waals surface area contributed by atoms with Gasteiger partial charge < -0.3 is 23.8 Å². The second-order valence-electron chi connectivity index (χ2n) is 9.17. The maximum atomic E-state index is 13.9. The lowest BCUT2D eigenvalue weighted by atomic mass is 9.96. The molecule has 0 saturated carbocycles. The Labute approximate surface area is 220 Å². The molecule has 0 N–H and O–H groups in total. The van der Waals surface area contributed by atoms with Crippen LogP contribution in [0.25, 0.3) is 21.5 Å². The first kappa shape index (κ1) is 23.7. The van der Waals surface area contributed by atoms with Gasteiger partial charge in [0, 0.05) is 16.2 Å². The quantitative estimate of drug-likeness (QED) is 0.218. The average molecular weight is 506 g/mol. The van der Waals surface area contributed by atoms with Gasteiger partial charge in [-0.05, 0) is 46.8 Å². The predicted octanol–water partition coefficient (Wildman–Crippen LogP) is 6.76. The van der Waals surface area contributed by atoms with E-state index in [-0.39, 0.29) is 5.91 Å². The zero-order chi connectivity index (χ0) is 26.2. The minimum atomic E-state index is -0.0812. The van der Waals surface area contributed by atoms with E-state index in [1.54, 1.807) is 21.3 Å². The second-order valence-corrected chi connectivity index (χ2v) is 9.17. The van der Waals surface area contributed by atoms with Gasteiger partial charge in [0.1, 0.15) is 18.1 Å². The molecule has 0 spiro atoms. The van der Waals surface area contributed by atoms with Crippen LogP contribution < -0.4 is 23.8 Å². The van der Waals surface area contributed by atoms with Crippen LogP contribution in [0.3, 0.4) is 0 Å². The zero-order valence-corrected chi connectivity index (χ0v) is 21.5. The first-order valence-electron chi connectivity index (χ1n) is 12.4. The van der Waals surface area contributed by atoms with Crippen molar-refractivity contribution >= 4 is 33.1 Å². The Hall–Kier alpha value is -4.71. The van der Waals surface area contributed by atoms with Crippen LogP contribution in [0.2, 0.25) is 0 Å². The van der Waals surface area contributed by atoms with Gasteiger partial charge in [0.25, 0.3) is 5.91 Å². The van der Waals surface area contributed by atoms with E-state index in [1.807, 2.05) is 89.8 Å². The molecule has 0 radical (unpaired) electrons. The van der Waals surface area contributed by atoms with Gasteiger partial charge in [0.05, 0.1) is 39.1 Å². The highest BCUT2D eigenvalue weighted by Crippen LogP contribution is 2.51. The molecule has 6 rings (SSSR count). The van der Waals surface area contributed by atoms with Crippen molar-refractivity contribution in [3.8, 4) is 23.0 Å². The van der Waals surface area contributed by atoms with Crippen LogP contribution in [0.1, 0.15) is 21.5 Å². The van der Waals surface area contributed by atoms with E-state index in [2.05, 4.69) is 0 Å². The van der Waals surface area contributed by atoms with Crippen molar-refractivity contribution in [2.45, 2.75) is 13.2 Å². The monoisotopic (exact) mass is 505 g/mol. The van der Waals surface area contributed by atoms with Crippen molar-refractivity contribution < 1.29 is 23.7 Å². The van der Waals surface area contributed by atoms with Gasteiger partial charge in [-0.2, -0.15) is 0 Å². The first-order valence-corrected chi connectivity index (χ1v) is 12.4. The Balaban J connectivity index is 1.55. The van der Waals surface area contributed by atoms with Gasteiger partial charge >= 0.3 is 0 Å². The van der Waals surface area contributed by atoms with Crippen LogP contribution in [0.15, 0.2) is 84.9 Å². The van der Waals surface area contributed by atoms with Crippen LogP contribution in [0, 0.1) is 0 Å². The molecule has 0 aromatic heterocycles. The molecule has 0 saturated heterocycles. The van der Waals surface area contributed by atoms with Gasteiger partial charge in [-0.25, -0.2) is 0 Å². The minimum Gasteiger partial charge on any atom is -0.497 e. The molecule has 0 fully saturated rings. The largest absolute Gasteiger partial charge is 0.497 e. The van der Waals surface area contributed by atoms with E-state index >= 15 is 0 Å². The normalized spacial score (nSPS) is 12.3. The fourth-order valence-electron chi connectivity index (χ4n) is 5.21. The van der Waals surface area contributed by atoms with E-state index in [4.69, 9.17) is 18.9 Å². The smallest absolute Gasteiger partial charge is 0.259 e. The highest BCUT2D eigenvalue weighted by molar-refractivity contribution is 6.31. The number of benzene rings is 5. The summed E-state index contributed by atoms with van der Waals surface area (Å²) < 4.78 is 23.3. The summed E-state index contributed by atoms with van der Waals surface area (Å²) in [4.78, 5) is 15.7. The van der Waals surface area contributed by atoms with Gasteiger partial charge in [0.15, 0.2) is 11.5 Å². The molecule has 6 heteroatoms. The molecule has 1 aliphatic rings. The third-order valence-corrected chi connectivity index (χ3v) is 7.05. The fourth-order valence-corrected chi connectivity index (χ4v) is 5.21. The lowest BCUT2D eigenvalue weighted by Crippen LogP contribution is -2.26. The molecule has 0 aliphatic carbocycles. The number of amides is 1. The highest BCUT2D eigenvalue weighted by atomic mass is 16.5. The molecule has 5 aromatic rings. The van der Waals surface area contributed by atoms with Gasteiger partial charge in [-0.15, -0.1) is 0 Å². The van der Waals surface area contributed by atoms with E-state index in [0.29, 0.717) is 30.2 Å². The summed E-state index contributed by atoms with van der Waals surface area (Å²) in [5.74, 6) is 2.54. The summed E-state index contributed by atoms with van der Waals surface area (Å²) in [7, 11) is 4.93. The number of hydrogen-bond acceptors (Lipinski definition) is 5. The molecule has 6 nitrogen and oxygen atoms in total. The maximum Gasteiger partial charge on any atom is 0.259 e. The van der Waals surface area contributed by atoms with Gasteiger partial charge in [-0.3, -0.25) is 4.79 Å². The summed E-state index contributed by atoms with van der Waals surface area (Å²) in [5.41, 5.74) is 3.43. The lowest BCUT2D eigenvalue weighted by molar-refractivity contribution is 0.0991. The van der Waals surface area contributed by atoms with Crippen LogP contribution in [0.4, 0.5) is 5.69 Å². The topological polar surface area (TPSA) is 57.2 Å². The van der Waals surface area contributed by atoms with Crippen molar-refractivity contribution in [2.75, 3.05) is 26.2 Å². The number of anilines is 1. The zero-order valence-electron chi connectivity index (χ0n) is 21.5. The summed E-state index contributed by atoms with van der Waals surface area (Å²) >= 11 is 0. The number of carbonyl (C=O) groups is 1. The molecule has 38 heavy (non-hydrogen) atoms. The Bertz CT molecular complexity index is 1660. The number of rotatable bonds is 8. The number of methoxy groups -OCH3 is 3. The van der Waals surface area contributed by atoms with Crippen LogP contribution >= 0.6 is 0 Å². The Morgan fingerprint density at radius 2 is 1.47 bits per heavy atom. The number of carbonyl (C=O) groups excluding carboxylic acids is 1. The lowest BCUT2D eigenvalue weighted by Gasteiger charge is -2.20. The third-order valence-electron chi connectivity index (χ3n) is 7.05. The second kappa shape index (κ2) is 9.63. The van der Waals surface area contributed by atoms with Crippen molar-refractivity contribution in [2.24, 2.45) is 0 Å². The van der Waals surface area contributed by atoms with E-state index in [9.17, 15) is 4.79 Å². The van der Waals surface area contributed by atoms with Crippen molar-refractivity contribution in [3.05, 3.63) is 102 Å². The Kier molecular flexibility index (Phi) is 6.00. The van der Waals surface area contributed by atoms with Crippen molar-refractivity contribution in [1.82, 2.24) is 0 Å². The molecule has 0 bridgehead atoms. The fraction of sp³-hybridized carbons (Fsp3) is 0.156. The molecule has 1 aliphatic heterocycles. The molecule has 1 amide bonds. The molecular formula is C32H27NO5. The number of ether oxygens (including phenoxy) is 4. The van der Waals surface area contributed by atoms with Crippen LogP contribution in [-0.2, 0) is 13.2 Å². The average Bonchev–Trinajstić information content (AvgIpc) is 3.22. The van der Waals surface area contributed by atoms with Crippen LogP contribution in [-0.4, -0.2) is 27.2 Å². The number of fused-ring (bicyclic) bond motifs is 2. The summed E-state index contributed by atoms with van der Waals surface area (Å²) in [6, 6.07) is 27.4. The summed E-state index contributed by atoms with van der Waals surface area (Å²) in [6.07, 6.45) is 0. The first-order chi connectivity index (χ1) is 18.6. The van der Waals surface area contributed by atoms with Crippen molar-refractivity contribution in [1.29, 1.82) is 0 Å². The molecule has 0 unspecified atom stereocenters. The SMILES string of the molecule is COc1ccc(CN2C(=O)c3cc(OCc4ccccc4)c(OC)c4c3c2cc2c(OC)cccc24)cc1. The Morgan fingerprint density at radius 1 is 0.684 bits per heavy atom. The summed E-state index contributed by atoms with van der Waals surface area (Å²) in [6.45, 7) is 0.766.